The molecule has 5 heteroatoms. The number of nitrogens with one attached hydrogen (secondary N) is 1. The second kappa shape index (κ2) is 5.83. The Labute approximate surface area is 134 Å². The summed E-state index contributed by atoms with van der Waals surface area (Å²) in [6.45, 7) is 1.62. The third-order valence-electron chi connectivity index (χ3n) is 4.26. The van der Waals surface area contributed by atoms with E-state index < -0.39 is 0 Å². The molecule has 0 aromatic heterocycles. The summed E-state index contributed by atoms with van der Waals surface area (Å²) in [6.07, 6.45) is 1.68. The number of nitrogens with zero attached hydrogens (tertiary/aromatic N) is 1. The van der Waals surface area contributed by atoms with Crippen molar-refractivity contribution in [2.75, 3.05) is 24.8 Å². The second-order valence-corrected chi connectivity index (χ2v) is 5.70. The van der Waals surface area contributed by atoms with E-state index in [1.807, 2.05) is 41.3 Å². The first kappa shape index (κ1) is 13.9. The van der Waals surface area contributed by atoms with E-state index in [2.05, 4.69) is 11.4 Å². The van der Waals surface area contributed by atoms with Gasteiger partial charge in [0.25, 0.3) is 0 Å². The number of urea groups is 1. The fraction of sp³-hybridized carbons (Fsp3) is 0.278. The zero-order chi connectivity index (χ0) is 15.6. The van der Waals surface area contributed by atoms with E-state index in [9.17, 15) is 4.79 Å². The van der Waals surface area contributed by atoms with Gasteiger partial charge in [-0.2, -0.15) is 0 Å². The standard InChI is InChI=1S/C18H18N2O3/c21-18(20-10-8-14-3-1-2-4-15(14)20)19-9-7-13-5-6-16-17(11-13)23-12-22-16/h1-6,11H,7-10,12H2,(H,19,21). The minimum Gasteiger partial charge on any atom is -0.454 e. The zero-order valence-electron chi connectivity index (χ0n) is 12.7. The van der Waals surface area contributed by atoms with Gasteiger partial charge in [0.15, 0.2) is 11.5 Å². The molecule has 0 bridgehead atoms. The molecule has 2 aromatic rings. The molecular formula is C18H18N2O3. The van der Waals surface area contributed by atoms with Crippen molar-refractivity contribution in [3.63, 3.8) is 0 Å². The normalized spacial score (nSPS) is 14.7. The number of anilines is 1. The third-order valence-corrected chi connectivity index (χ3v) is 4.26. The van der Waals surface area contributed by atoms with Gasteiger partial charge in [0.1, 0.15) is 0 Å². The number of fused-ring (bicyclic) bond motifs is 2. The van der Waals surface area contributed by atoms with Gasteiger partial charge < -0.3 is 14.8 Å². The lowest BCUT2D eigenvalue weighted by Crippen LogP contribution is -2.39. The van der Waals surface area contributed by atoms with Crippen molar-refractivity contribution in [3.05, 3.63) is 53.6 Å². The summed E-state index contributed by atoms with van der Waals surface area (Å²) in [5.41, 5.74) is 3.38. The maximum atomic E-state index is 12.4. The smallest absolute Gasteiger partial charge is 0.321 e. The Balaban J connectivity index is 1.34. The molecule has 118 valence electrons. The van der Waals surface area contributed by atoms with Gasteiger partial charge in [-0.1, -0.05) is 24.3 Å². The van der Waals surface area contributed by atoms with Crippen molar-refractivity contribution in [3.8, 4) is 11.5 Å². The molecule has 0 saturated carbocycles. The monoisotopic (exact) mass is 310 g/mol. The van der Waals surface area contributed by atoms with Gasteiger partial charge >= 0.3 is 6.03 Å². The lowest BCUT2D eigenvalue weighted by atomic mass is 10.1. The van der Waals surface area contributed by atoms with Gasteiger partial charge in [-0.3, -0.25) is 4.90 Å². The fourth-order valence-corrected chi connectivity index (χ4v) is 3.05. The highest BCUT2D eigenvalue weighted by molar-refractivity contribution is 5.94. The van der Waals surface area contributed by atoms with Crippen molar-refractivity contribution in [2.45, 2.75) is 12.8 Å². The summed E-state index contributed by atoms with van der Waals surface area (Å²) in [7, 11) is 0. The molecule has 2 heterocycles. The van der Waals surface area contributed by atoms with Crippen LogP contribution in [0.1, 0.15) is 11.1 Å². The van der Waals surface area contributed by atoms with E-state index >= 15 is 0 Å². The van der Waals surface area contributed by atoms with Gasteiger partial charge in [-0.25, -0.2) is 4.79 Å². The van der Waals surface area contributed by atoms with Crippen molar-refractivity contribution in [2.24, 2.45) is 0 Å². The Hall–Kier alpha value is -2.69. The molecule has 0 unspecified atom stereocenters. The predicted molar refractivity (Wildman–Crippen MR) is 87.2 cm³/mol. The van der Waals surface area contributed by atoms with Crippen LogP contribution in [-0.2, 0) is 12.8 Å². The summed E-state index contributed by atoms with van der Waals surface area (Å²) in [5, 5.41) is 3.00. The average molecular weight is 310 g/mol. The molecule has 4 rings (SSSR count). The minimum absolute atomic E-state index is 0.0318. The summed E-state index contributed by atoms with van der Waals surface area (Å²) in [5.74, 6) is 1.56. The fourth-order valence-electron chi connectivity index (χ4n) is 3.05. The van der Waals surface area contributed by atoms with Gasteiger partial charge in [0.2, 0.25) is 6.79 Å². The van der Waals surface area contributed by atoms with E-state index in [1.165, 1.54) is 5.56 Å². The average Bonchev–Trinajstić information content (AvgIpc) is 3.21. The largest absolute Gasteiger partial charge is 0.454 e. The molecule has 2 aromatic carbocycles. The molecule has 0 radical (unpaired) electrons. The Kier molecular flexibility index (Phi) is 3.54. The van der Waals surface area contributed by atoms with Crippen LogP contribution in [0.4, 0.5) is 10.5 Å². The van der Waals surface area contributed by atoms with Gasteiger partial charge in [0, 0.05) is 18.8 Å². The van der Waals surface area contributed by atoms with Crippen LogP contribution in [-0.4, -0.2) is 25.9 Å². The molecule has 0 spiro atoms. The van der Waals surface area contributed by atoms with Crippen molar-refractivity contribution < 1.29 is 14.3 Å². The van der Waals surface area contributed by atoms with Crippen LogP contribution in [0.3, 0.4) is 0 Å². The van der Waals surface area contributed by atoms with E-state index in [0.717, 1.165) is 42.1 Å². The van der Waals surface area contributed by atoms with Gasteiger partial charge in [0.05, 0.1) is 0 Å². The molecular weight excluding hydrogens is 292 g/mol. The lowest BCUT2D eigenvalue weighted by molar-refractivity contribution is 0.174. The number of benzene rings is 2. The first-order chi connectivity index (χ1) is 11.3. The Morgan fingerprint density at radius 2 is 2.00 bits per heavy atom. The van der Waals surface area contributed by atoms with Crippen LogP contribution in [0.25, 0.3) is 0 Å². The molecule has 0 aliphatic carbocycles. The highest BCUT2D eigenvalue weighted by Crippen LogP contribution is 2.32. The van der Waals surface area contributed by atoms with Crippen LogP contribution >= 0.6 is 0 Å². The molecule has 0 fully saturated rings. The van der Waals surface area contributed by atoms with E-state index in [0.29, 0.717) is 6.54 Å². The summed E-state index contributed by atoms with van der Waals surface area (Å²) < 4.78 is 10.7. The van der Waals surface area contributed by atoms with Crippen LogP contribution in [0.15, 0.2) is 42.5 Å². The Bertz CT molecular complexity index is 745. The molecule has 0 atom stereocenters. The molecule has 0 saturated heterocycles. The quantitative estimate of drug-likeness (QED) is 0.948. The highest BCUT2D eigenvalue weighted by atomic mass is 16.7. The summed E-state index contributed by atoms with van der Waals surface area (Å²) in [6, 6.07) is 13.9. The lowest BCUT2D eigenvalue weighted by Gasteiger charge is -2.18. The Morgan fingerprint density at radius 1 is 1.13 bits per heavy atom. The second-order valence-electron chi connectivity index (χ2n) is 5.70. The topological polar surface area (TPSA) is 50.8 Å². The number of hydrogen-bond acceptors (Lipinski definition) is 3. The third kappa shape index (κ3) is 2.70. The number of carbonyl (C=O) groups excluding carboxylic acids is 1. The summed E-state index contributed by atoms with van der Waals surface area (Å²) in [4.78, 5) is 14.2. The van der Waals surface area contributed by atoms with E-state index in [4.69, 9.17) is 9.47 Å². The van der Waals surface area contributed by atoms with Gasteiger partial charge in [-0.15, -0.1) is 0 Å². The Morgan fingerprint density at radius 3 is 2.96 bits per heavy atom. The van der Waals surface area contributed by atoms with Gasteiger partial charge in [-0.05, 0) is 42.2 Å². The van der Waals surface area contributed by atoms with Crippen molar-refractivity contribution in [1.29, 1.82) is 0 Å². The molecule has 2 aliphatic heterocycles. The van der Waals surface area contributed by atoms with Crippen LogP contribution in [0.5, 0.6) is 11.5 Å². The van der Waals surface area contributed by atoms with Crippen molar-refractivity contribution >= 4 is 11.7 Å². The number of hydrogen-bond donors (Lipinski definition) is 1. The van der Waals surface area contributed by atoms with Crippen LogP contribution in [0, 0.1) is 0 Å². The predicted octanol–water partition coefficient (Wildman–Crippen LogP) is 2.73. The van der Waals surface area contributed by atoms with Crippen LogP contribution < -0.4 is 19.7 Å². The molecule has 2 aliphatic rings. The van der Waals surface area contributed by atoms with Crippen LogP contribution in [0.2, 0.25) is 0 Å². The zero-order valence-corrected chi connectivity index (χ0v) is 12.7. The number of ether oxygens (including phenoxy) is 2. The number of carbonyl (C=O) groups is 1. The highest BCUT2D eigenvalue weighted by Gasteiger charge is 2.23. The minimum atomic E-state index is -0.0318. The number of para-hydroxylation sites is 1. The first-order valence-electron chi connectivity index (χ1n) is 7.83. The van der Waals surface area contributed by atoms with Crippen molar-refractivity contribution in [1.82, 2.24) is 5.32 Å². The first-order valence-corrected chi connectivity index (χ1v) is 7.83. The maximum Gasteiger partial charge on any atom is 0.321 e. The molecule has 1 N–H and O–H groups in total. The SMILES string of the molecule is O=C(NCCc1ccc2c(c1)OCO2)N1CCc2ccccc21. The molecule has 2 amide bonds. The molecule has 5 nitrogen and oxygen atoms in total. The maximum absolute atomic E-state index is 12.4. The van der Waals surface area contributed by atoms with E-state index in [-0.39, 0.29) is 12.8 Å². The van der Waals surface area contributed by atoms with E-state index in [1.54, 1.807) is 0 Å². The molecule has 23 heavy (non-hydrogen) atoms. The number of amides is 2. The summed E-state index contributed by atoms with van der Waals surface area (Å²) >= 11 is 0. The number of rotatable bonds is 3.